The second kappa shape index (κ2) is 4.16. The number of hydrogen-bond donors (Lipinski definition) is 1. The van der Waals surface area contributed by atoms with Crippen molar-refractivity contribution in [3.63, 3.8) is 0 Å². The van der Waals surface area contributed by atoms with Gasteiger partial charge in [0, 0.05) is 6.42 Å². The van der Waals surface area contributed by atoms with E-state index in [0.717, 1.165) is 22.3 Å². The van der Waals surface area contributed by atoms with E-state index < -0.39 is 5.41 Å². The number of fused-ring (bicyclic) bond motifs is 4. The van der Waals surface area contributed by atoms with Gasteiger partial charge in [-0.25, -0.2) is 0 Å². The standard InChI is InChI=1S/C18H13NO2/c20-16-11-18(17(21)19-16)14-7-3-1-5-12(14)9-10-13-6-2-4-8-15(13)18/h1-10H,11H2,(H,19,20,21). The van der Waals surface area contributed by atoms with E-state index in [4.69, 9.17) is 0 Å². The molecule has 0 radical (unpaired) electrons. The fourth-order valence-corrected chi connectivity index (χ4v) is 3.42. The van der Waals surface area contributed by atoms with Crippen LogP contribution in [-0.4, -0.2) is 11.8 Å². The second-order valence-electron chi connectivity index (χ2n) is 5.47. The Morgan fingerprint density at radius 3 is 1.81 bits per heavy atom. The van der Waals surface area contributed by atoms with Crippen molar-refractivity contribution in [2.24, 2.45) is 0 Å². The summed E-state index contributed by atoms with van der Waals surface area (Å²) in [6, 6.07) is 15.6. The van der Waals surface area contributed by atoms with Crippen molar-refractivity contribution < 1.29 is 9.59 Å². The quantitative estimate of drug-likeness (QED) is 0.751. The topological polar surface area (TPSA) is 46.2 Å². The van der Waals surface area contributed by atoms with E-state index in [2.05, 4.69) is 5.32 Å². The van der Waals surface area contributed by atoms with E-state index in [1.165, 1.54) is 0 Å². The van der Waals surface area contributed by atoms with E-state index in [1.54, 1.807) is 0 Å². The Bertz CT molecular complexity index is 755. The fraction of sp³-hybridized carbons (Fsp3) is 0.111. The third-order valence-corrected chi connectivity index (χ3v) is 4.35. The Hall–Kier alpha value is -2.68. The molecule has 0 aromatic heterocycles. The average Bonchev–Trinajstić information content (AvgIpc) is 2.72. The Morgan fingerprint density at radius 2 is 1.33 bits per heavy atom. The van der Waals surface area contributed by atoms with Crippen molar-refractivity contribution in [1.82, 2.24) is 5.32 Å². The van der Waals surface area contributed by atoms with Crippen molar-refractivity contribution in [3.8, 4) is 0 Å². The molecule has 4 rings (SSSR count). The molecular weight excluding hydrogens is 262 g/mol. The molecule has 1 N–H and O–H groups in total. The van der Waals surface area contributed by atoms with E-state index in [9.17, 15) is 9.59 Å². The molecule has 3 nitrogen and oxygen atoms in total. The lowest BCUT2D eigenvalue weighted by Crippen LogP contribution is -2.37. The summed E-state index contributed by atoms with van der Waals surface area (Å²) < 4.78 is 0. The summed E-state index contributed by atoms with van der Waals surface area (Å²) in [7, 11) is 0. The molecule has 1 fully saturated rings. The molecule has 1 heterocycles. The van der Waals surface area contributed by atoms with Crippen molar-refractivity contribution in [2.75, 3.05) is 0 Å². The summed E-state index contributed by atoms with van der Waals surface area (Å²) in [6.45, 7) is 0. The Labute approximate surface area is 122 Å². The first kappa shape index (κ1) is 12.1. The van der Waals surface area contributed by atoms with Gasteiger partial charge in [0.25, 0.3) is 0 Å². The van der Waals surface area contributed by atoms with Crippen LogP contribution in [0, 0.1) is 0 Å². The molecule has 0 unspecified atom stereocenters. The molecule has 2 aromatic rings. The molecule has 0 saturated carbocycles. The largest absolute Gasteiger partial charge is 0.295 e. The highest BCUT2D eigenvalue weighted by Gasteiger charge is 2.51. The lowest BCUT2D eigenvalue weighted by Gasteiger charge is -2.28. The van der Waals surface area contributed by atoms with Crippen LogP contribution in [0.5, 0.6) is 0 Å². The predicted molar refractivity (Wildman–Crippen MR) is 80.4 cm³/mol. The van der Waals surface area contributed by atoms with Crippen LogP contribution in [0.2, 0.25) is 0 Å². The van der Waals surface area contributed by atoms with Crippen LogP contribution in [0.15, 0.2) is 48.5 Å². The van der Waals surface area contributed by atoms with E-state index in [0.29, 0.717) is 0 Å². The molecule has 2 aromatic carbocycles. The molecule has 102 valence electrons. The number of amides is 2. The van der Waals surface area contributed by atoms with Gasteiger partial charge >= 0.3 is 0 Å². The highest BCUT2D eigenvalue weighted by atomic mass is 16.2. The minimum absolute atomic E-state index is 0.168. The van der Waals surface area contributed by atoms with Gasteiger partial charge in [-0.2, -0.15) is 0 Å². The zero-order chi connectivity index (χ0) is 14.4. The maximum Gasteiger partial charge on any atom is 0.242 e. The maximum absolute atomic E-state index is 12.7. The highest BCUT2D eigenvalue weighted by Crippen LogP contribution is 2.44. The van der Waals surface area contributed by atoms with Gasteiger partial charge in [-0.05, 0) is 22.3 Å². The van der Waals surface area contributed by atoms with Crippen molar-refractivity contribution in [1.29, 1.82) is 0 Å². The van der Waals surface area contributed by atoms with Gasteiger partial charge in [0.2, 0.25) is 11.8 Å². The number of rotatable bonds is 0. The van der Waals surface area contributed by atoms with E-state index in [-0.39, 0.29) is 18.2 Å². The molecular formula is C18H13NO2. The first-order chi connectivity index (χ1) is 10.2. The molecule has 3 heteroatoms. The number of carbonyl (C=O) groups excluding carboxylic acids is 2. The first-order valence-corrected chi connectivity index (χ1v) is 6.93. The van der Waals surface area contributed by atoms with Crippen LogP contribution >= 0.6 is 0 Å². The van der Waals surface area contributed by atoms with Gasteiger partial charge in [-0.15, -0.1) is 0 Å². The number of carbonyl (C=O) groups is 2. The summed E-state index contributed by atoms with van der Waals surface area (Å²) in [5.41, 5.74) is 2.86. The van der Waals surface area contributed by atoms with Gasteiger partial charge in [-0.1, -0.05) is 60.7 Å². The van der Waals surface area contributed by atoms with Crippen LogP contribution in [-0.2, 0) is 15.0 Å². The third kappa shape index (κ3) is 1.54. The highest BCUT2D eigenvalue weighted by molar-refractivity contribution is 6.12. The van der Waals surface area contributed by atoms with Crippen molar-refractivity contribution in [3.05, 3.63) is 70.8 Å². The summed E-state index contributed by atoms with van der Waals surface area (Å²) in [6.07, 6.45) is 4.19. The predicted octanol–water partition coefficient (Wildman–Crippen LogP) is 2.50. The Kier molecular flexibility index (Phi) is 2.39. The lowest BCUT2D eigenvalue weighted by molar-refractivity contribution is -0.125. The molecule has 2 amide bonds. The Morgan fingerprint density at radius 1 is 0.810 bits per heavy atom. The minimum Gasteiger partial charge on any atom is -0.295 e. The molecule has 1 aliphatic carbocycles. The van der Waals surface area contributed by atoms with Gasteiger partial charge in [-0.3, -0.25) is 14.9 Å². The van der Waals surface area contributed by atoms with Crippen LogP contribution in [0.3, 0.4) is 0 Å². The van der Waals surface area contributed by atoms with Gasteiger partial charge in [0.05, 0.1) is 0 Å². The van der Waals surface area contributed by atoms with Crippen LogP contribution in [0.4, 0.5) is 0 Å². The van der Waals surface area contributed by atoms with Gasteiger partial charge in [0.1, 0.15) is 5.41 Å². The molecule has 0 atom stereocenters. The van der Waals surface area contributed by atoms with Crippen molar-refractivity contribution in [2.45, 2.75) is 11.8 Å². The monoisotopic (exact) mass is 275 g/mol. The molecule has 1 saturated heterocycles. The normalized spacial score (nSPS) is 18.1. The first-order valence-electron chi connectivity index (χ1n) is 6.93. The molecule has 2 aliphatic rings. The third-order valence-electron chi connectivity index (χ3n) is 4.35. The Balaban J connectivity index is 2.12. The summed E-state index contributed by atoms with van der Waals surface area (Å²) >= 11 is 0. The molecule has 1 spiro atoms. The smallest absolute Gasteiger partial charge is 0.242 e. The van der Waals surface area contributed by atoms with Crippen LogP contribution < -0.4 is 5.32 Å². The van der Waals surface area contributed by atoms with E-state index in [1.807, 2.05) is 60.7 Å². The lowest BCUT2D eigenvalue weighted by atomic mass is 9.71. The van der Waals surface area contributed by atoms with Crippen LogP contribution in [0.25, 0.3) is 12.2 Å². The van der Waals surface area contributed by atoms with Crippen molar-refractivity contribution >= 4 is 24.0 Å². The fourth-order valence-electron chi connectivity index (χ4n) is 3.42. The zero-order valence-electron chi connectivity index (χ0n) is 11.3. The second-order valence-corrected chi connectivity index (χ2v) is 5.47. The van der Waals surface area contributed by atoms with Crippen LogP contribution in [0.1, 0.15) is 28.7 Å². The number of nitrogens with one attached hydrogen (secondary N) is 1. The van der Waals surface area contributed by atoms with Gasteiger partial charge < -0.3 is 0 Å². The minimum atomic E-state index is -0.909. The summed E-state index contributed by atoms with van der Waals surface area (Å²) in [5.74, 6) is -0.442. The molecule has 0 bridgehead atoms. The molecule has 1 aliphatic heterocycles. The maximum atomic E-state index is 12.7. The number of imide groups is 1. The average molecular weight is 275 g/mol. The van der Waals surface area contributed by atoms with Gasteiger partial charge in [0.15, 0.2) is 0 Å². The molecule has 21 heavy (non-hydrogen) atoms. The summed E-state index contributed by atoms with van der Waals surface area (Å²) in [5, 5.41) is 2.48. The SMILES string of the molecule is O=C1CC2(C(=O)N1)c1ccccc1C=Cc1ccccc12. The summed E-state index contributed by atoms with van der Waals surface area (Å²) in [4.78, 5) is 24.6. The zero-order valence-corrected chi connectivity index (χ0v) is 11.3. The van der Waals surface area contributed by atoms with E-state index >= 15 is 0 Å². The number of hydrogen-bond acceptors (Lipinski definition) is 2. The number of benzene rings is 2.